The van der Waals surface area contributed by atoms with E-state index in [-0.39, 0.29) is 11.3 Å². The molecule has 0 aliphatic carbocycles. The highest BCUT2D eigenvalue weighted by Gasteiger charge is 2.25. The zero-order valence-electron chi connectivity index (χ0n) is 14.0. The third kappa shape index (κ3) is 10.4. The van der Waals surface area contributed by atoms with Crippen molar-refractivity contribution in [3.8, 4) is 0 Å². The van der Waals surface area contributed by atoms with Crippen LogP contribution >= 0.6 is 0 Å². The van der Waals surface area contributed by atoms with E-state index in [1.165, 1.54) is 6.42 Å². The lowest BCUT2D eigenvalue weighted by molar-refractivity contribution is 0.285. The van der Waals surface area contributed by atoms with Crippen molar-refractivity contribution >= 4 is 9.84 Å². The van der Waals surface area contributed by atoms with Gasteiger partial charge in [-0.3, -0.25) is 0 Å². The van der Waals surface area contributed by atoms with Crippen molar-refractivity contribution in [3.05, 3.63) is 0 Å². The fourth-order valence-electron chi connectivity index (χ4n) is 1.87. The minimum atomic E-state index is -2.88. The van der Waals surface area contributed by atoms with Crippen molar-refractivity contribution in [1.29, 1.82) is 0 Å². The molecule has 0 saturated heterocycles. The summed E-state index contributed by atoms with van der Waals surface area (Å²) in [5.74, 6) is 0.903. The van der Waals surface area contributed by atoms with Crippen LogP contribution in [0.5, 0.6) is 0 Å². The molecule has 0 aliphatic rings. The van der Waals surface area contributed by atoms with E-state index in [0.717, 1.165) is 19.3 Å². The van der Waals surface area contributed by atoms with Crippen LogP contribution in [0.2, 0.25) is 0 Å². The Bertz CT molecular complexity index is 342. The lowest BCUT2D eigenvalue weighted by Crippen LogP contribution is -2.26. The molecular weight excluding hydrogens is 256 g/mol. The summed E-state index contributed by atoms with van der Waals surface area (Å²) in [5.41, 5.74) is 0.429. The Kier molecular flexibility index (Phi) is 7.08. The van der Waals surface area contributed by atoms with Crippen LogP contribution in [0.25, 0.3) is 0 Å². The number of rotatable bonds is 7. The quantitative estimate of drug-likeness (QED) is 0.637. The minimum Gasteiger partial charge on any atom is -0.229 e. The van der Waals surface area contributed by atoms with Crippen molar-refractivity contribution in [2.24, 2.45) is 16.7 Å². The second kappa shape index (κ2) is 7.10. The maximum atomic E-state index is 12.0. The predicted molar refractivity (Wildman–Crippen MR) is 85.2 cm³/mol. The molecule has 0 rings (SSSR count). The molecule has 2 nitrogen and oxygen atoms in total. The molecule has 0 N–H and O–H groups in total. The fraction of sp³-hybridized carbons (Fsp3) is 1.00. The Hall–Kier alpha value is -0.0500. The van der Waals surface area contributed by atoms with Gasteiger partial charge in [-0.15, -0.1) is 0 Å². The lowest BCUT2D eigenvalue weighted by Gasteiger charge is -2.26. The van der Waals surface area contributed by atoms with E-state index in [4.69, 9.17) is 0 Å². The first-order valence-corrected chi connectivity index (χ1v) is 9.36. The van der Waals surface area contributed by atoms with Crippen LogP contribution in [0.3, 0.4) is 0 Å². The Morgan fingerprint density at radius 1 is 0.895 bits per heavy atom. The smallest absolute Gasteiger partial charge is 0.150 e. The third-order valence-corrected chi connectivity index (χ3v) is 5.78. The Morgan fingerprint density at radius 2 is 1.42 bits per heavy atom. The number of hydrogen-bond donors (Lipinski definition) is 0. The van der Waals surface area contributed by atoms with E-state index in [1.54, 1.807) is 0 Å². The van der Waals surface area contributed by atoms with Crippen LogP contribution in [-0.4, -0.2) is 19.9 Å². The van der Waals surface area contributed by atoms with Gasteiger partial charge in [-0.1, -0.05) is 61.3 Å². The van der Waals surface area contributed by atoms with Gasteiger partial charge in [-0.2, -0.15) is 0 Å². The van der Waals surface area contributed by atoms with Crippen LogP contribution in [0, 0.1) is 16.7 Å². The predicted octanol–water partition coefficient (Wildman–Crippen LogP) is 4.69. The average Bonchev–Trinajstić information content (AvgIpc) is 2.12. The first-order chi connectivity index (χ1) is 8.33. The van der Waals surface area contributed by atoms with E-state index in [2.05, 4.69) is 41.5 Å². The highest BCUT2D eigenvalue weighted by atomic mass is 32.2. The van der Waals surface area contributed by atoms with Crippen molar-refractivity contribution in [3.63, 3.8) is 0 Å². The van der Waals surface area contributed by atoms with Crippen LogP contribution < -0.4 is 0 Å². The number of hydrogen-bond acceptors (Lipinski definition) is 2. The second-order valence-electron chi connectivity index (χ2n) is 8.25. The maximum absolute atomic E-state index is 12.0. The standard InChI is InChI=1S/C16H34O2S/c1-14(16(5,6)7)13-19(17,18)12-10-8-9-11-15(2,3)4/h14H,8-13H2,1-7H3/t14-/m0/s1. The van der Waals surface area contributed by atoms with E-state index in [0.29, 0.717) is 16.9 Å². The molecule has 0 fully saturated rings. The Balaban J connectivity index is 4.00. The van der Waals surface area contributed by atoms with Gasteiger partial charge in [0.25, 0.3) is 0 Å². The lowest BCUT2D eigenvalue weighted by atomic mass is 9.83. The van der Waals surface area contributed by atoms with E-state index in [1.807, 2.05) is 6.92 Å². The van der Waals surface area contributed by atoms with Gasteiger partial charge in [0, 0.05) is 0 Å². The molecular formula is C16H34O2S. The van der Waals surface area contributed by atoms with Crippen LogP contribution in [0.1, 0.15) is 74.1 Å². The van der Waals surface area contributed by atoms with Crippen LogP contribution in [0.15, 0.2) is 0 Å². The molecule has 3 heteroatoms. The summed E-state index contributed by atoms with van der Waals surface area (Å²) >= 11 is 0. The Morgan fingerprint density at radius 3 is 1.84 bits per heavy atom. The molecule has 19 heavy (non-hydrogen) atoms. The highest BCUT2D eigenvalue weighted by Crippen LogP contribution is 2.27. The highest BCUT2D eigenvalue weighted by molar-refractivity contribution is 7.91. The SMILES string of the molecule is C[C@@H](CS(=O)(=O)CCCCCC(C)(C)C)C(C)(C)C. The van der Waals surface area contributed by atoms with Crippen molar-refractivity contribution in [2.45, 2.75) is 74.1 Å². The van der Waals surface area contributed by atoms with Crippen molar-refractivity contribution in [1.82, 2.24) is 0 Å². The van der Waals surface area contributed by atoms with Gasteiger partial charge in [0.05, 0.1) is 11.5 Å². The third-order valence-electron chi connectivity index (χ3n) is 3.86. The molecule has 0 saturated carbocycles. The number of unbranched alkanes of at least 4 members (excludes halogenated alkanes) is 2. The van der Waals surface area contributed by atoms with Crippen LogP contribution in [0.4, 0.5) is 0 Å². The number of sulfone groups is 1. The first kappa shape index (κ1) is 18.9. The molecule has 0 amide bonds. The Labute approximate surface area is 121 Å². The molecule has 0 aliphatic heterocycles. The minimum absolute atomic E-state index is 0.0688. The topological polar surface area (TPSA) is 34.1 Å². The second-order valence-corrected chi connectivity index (χ2v) is 10.5. The normalized spacial score (nSPS) is 15.5. The van der Waals surface area contributed by atoms with E-state index in [9.17, 15) is 8.42 Å². The van der Waals surface area contributed by atoms with Gasteiger partial charge in [-0.05, 0) is 29.6 Å². The molecule has 0 radical (unpaired) electrons. The summed E-state index contributed by atoms with van der Waals surface area (Å²) in [5, 5.41) is 0. The molecule has 0 aromatic carbocycles. The molecule has 0 aromatic rings. The summed E-state index contributed by atoms with van der Waals surface area (Å²) in [6.45, 7) is 15.1. The molecule has 0 heterocycles. The summed E-state index contributed by atoms with van der Waals surface area (Å²) in [4.78, 5) is 0. The van der Waals surface area contributed by atoms with E-state index < -0.39 is 9.84 Å². The van der Waals surface area contributed by atoms with Gasteiger partial charge >= 0.3 is 0 Å². The largest absolute Gasteiger partial charge is 0.229 e. The van der Waals surface area contributed by atoms with Crippen molar-refractivity contribution in [2.75, 3.05) is 11.5 Å². The molecule has 0 spiro atoms. The van der Waals surface area contributed by atoms with Gasteiger partial charge < -0.3 is 0 Å². The summed E-state index contributed by atoms with van der Waals surface area (Å²) in [7, 11) is -2.88. The summed E-state index contributed by atoms with van der Waals surface area (Å²) in [6, 6.07) is 0. The maximum Gasteiger partial charge on any atom is 0.150 e. The molecule has 0 unspecified atom stereocenters. The monoisotopic (exact) mass is 290 g/mol. The fourth-order valence-corrected chi connectivity index (χ4v) is 3.94. The van der Waals surface area contributed by atoms with Gasteiger partial charge in [-0.25, -0.2) is 8.42 Å². The molecule has 1 atom stereocenters. The van der Waals surface area contributed by atoms with E-state index >= 15 is 0 Å². The van der Waals surface area contributed by atoms with Crippen LogP contribution in [-0.2, 0) is 9.84 Å². The summed E-state index contributed by atoms with van der Waals surface area (Å²) in [6.07, 6.45) is 4.15. The van der Waals surface area contributed by atoms with Gasteiger partial charge in [0.2, 0.25) is 0 Å². The zero-order chi connectivity index (χ0) is 15.3. The van der Waals surface area contributed by atoms with Crippen molar-refractivity contribution < 1.29 is 8.42 Å². The van der Waals surface area contributed by atoms with Gasteiger partial charge in [0.1, 0.15) is 0 Å². The molecule has 116 valence electrons. The molecule has 0 bridgehead atoms. The molecule has 0 aromatic heterocycles. The van der Waals surface area contributed by atoms with Gasteiger partial charge in [0.15, 0.2) is 9.84 Å². The summed E-state index contributed by atoms with van der Waals surface area (Å²) < 4.78 is 24.1. The first-order valence-electron chi connectivity index (χ1n) is 7.54. The zero-order valence-corrected chi connectivity index (χ0v) is 14.9. The average molecular weight is 291 g/mol.